The van der Waals surface area contributed by atoms with Gasteiger partial charge in [0.15, 0.2) is 11.5 Å². The van der Waals surface area contributed by atoms with Crippen LogP contribution in [0.25, 0.3) is 0 Å². The molecule has 21 heavy (non-hydrogen) atoms. The second-order valence-electron chi connectivity index (χ2n) is 4.21. The normalized spacial score (nSPS) is 10.3. The summed E-state index contributed by atoms with van der Waals surface area (Å²) in [6.45, 7) is 0.0278. The van der Waals surface area contributed by atoms with Crippen LogP contribution in [0.5, 0.6) is 17.4 Å². The van der Waals surface area contributed by atoms with E-state index in [4.69, 9.17) is 25.8 Å². The van der Waals surface area contributed by atoms with Crippen molar-refractivity contribution in [1.82, 2.24) is 4.98 Å². The molecule has 0 unspecified atom stereocenters. The molecule has 112 valence electrons. The lowest BCUT2D eigenvalue weighted by molar-refractivity contribution is 0.247. The minimum Gasteiger partial charge on any atom is -0.493 e. The number of aliphatic hydroxyl groups excluding tert-OH is 1. The zero-order valence-corrected chi connectivity index (χ0v) is 12.6. The van der Waals surface area contributed by atoms with Crippen LogP contribution in [0, 0.1) is 0 Å². The number of rotatable bonds is 6. The van der Waals surface area contributed by atoms with E-state index in [1.807, 2.05) is 12.1 Å². The van der Waals surface area contributed by atoms with Crippen molar-refractivity contribution in [2.75, 3.05) is 14.2 Å². The molecule has 0 atom stereocenters. The molecule has 0 amide bonds. The van der Waals surface area contributed by atoms with Crippen molar-refractivity contribution in [3.63, 3.8) is 0 Å². The van der Waals surface area contributed by atoms with Gasteiger partial charge in [-0.05, 0) is 12.1 Å². The van der Waals surface area contributed by atoms with Gasteiger partial charge in [-0.25, -0.2) is 4.98 Å². The quantitative estimate of drug-likeness (QED) is 0.889. The molecule has 1 aromatic heterocycles. The first-order chi connectivity index (χ1) is 10.2. The molecule has 0 aliphatic heterocycles. The van der Waals surface area contributed by atoms with Crippen LogP contribution in [0.2, 0.25) is 5.02 Å². The Morgan fingerprint density at radius 3 is 2.67 bits per heavy atom. The molecule has 0 spiro atoms. The van der Waals surface area contributed by atoms with E-state index in [1.54, 1.807) is 25.3 Å². The van der Waals surface area contributed by atoms with E-state index >= 15 is 0 Å². The molecular weight excluding hydrogens is 294 g/mol. The fourth-order valence-electron chi connectivity index (χ4n) is 1.85. The van der Waals surface area contributed by atoms with Gasteiger partial charge >= 0.3 is 0 Å². The molecule has 2 rings (SSSR count). The van der Waals surface area contributed by atoms with E-state index in [0.717, 1.165) is 0 Å². The fraction of sp³-hybridized carbons (Fsp3) is 0.267. The predicted octanol–water partition coefficient (Wildman–Crippen LogP) is 2.82. The third kappa shape index (κ3) is 3.77. The summed E-state index contributed by atoms with van der Waals surface area (Å²) < 4.78 is 16.0. The zero-order valence-electron chi connectivity index (χ0n) is 11.8. The third-order valence-corrected chi connectivity index (χ3v) is 3.06. The maximum absolute atomic E-state index is 9.41. The van der Waals surface area contributed by atoms with E-state index in [2.05, 4.69) is 4.98 Å². The highest BCUT2D eigenvalue weighted by atomic mass is 35.5. The second-order valence-corrected chi connectivity index (χ2v) is 4.65. The number of nitrogens with zero attached hydrogens (tertiary/aromatic N) is 1. The Bertz CT molecular complexity index is 593. The number of halogens is 1. The fourth-order valence-corrected chi connectivity index (χ4v) is 2.08. The van der Waals surface area contributed by atoms with Gasteiger partial charge in [-0.2, -0.15) is 0 Å². The van der Waals surface area contributed by atoms with Crippen LogP contribution in [0.3, 0.4) is 0 Å². The molecule has 1 heterocycles. The monoisotopic (exact) mass is 309 g/mol. The van der Waals surface area contributed by atoms with E-state index in [-0.39, 0.29) is 13.2 Å². The molecule has 2 aromatic rings. The van der Waals surface area contributed by atoms with Gasteiger partial charge in [0.05, 0.1) is 26.5 Å². The largest absolute Gasteiger partial charge is 0.493 e. The maximum Gasteiger partial charge on any atom is 0.213 e. The number of aliphatic hydroxyl groups is 1. The molecule has 0 radical (unpaired) electrons. The Balaban J connectivity index is 2.22. The van der Waals surface area contributed by atoms with Crippen LogP contribution >= 0.6 is 11.6 Å². The van der Waals surface area contributed by atoms with Gasteiger partial charge in [0, 0.05) is 22.7 Å². The standard InChI is InChI=1S/C15H16ClNO4/c1-19-13-7-11(16)6-10(8-18)15(13)21-9-12-4-3-5-14(17-12)20-2/h3-7,18H,8-9H2,1-2H3. The summed E-state index contributed by atoms with van der Waals surface area (Å²) in [5, 5.41) is 9.89. The summed E-state index contributed by atoms with van der Waals surface area (Å²) in [7, 11) is 3.07. The van der Waals surface area contributed by atoms with E-state index in [0.29, 0.717) is 33.7 Å². The highest BCUT2D eigenvalue weighted by Gasteiger charge is 2.13. The summed E-state index contributed by atoms with van der Waals surface area (Å²) in [5.41, 5.74) is 1.26. The topological polar surface area (TPSA) is 60.8 Å². The summed E-state index contributed by atoms with van der Waals surface area (Å²) in [4.78, 5) is 4.26. The smallest absolute Gasteiger partial charge is 0.213 e. The Morgan fingerprint density at radius 2 is 2.00 bits per heavy atom. The first-order valence-corrected chi connectivity index (χ1v) is 6.65. The van der Waals surface area contributed by atoms with Crippen LogP contribution in [-0.4, -0.2) is 24.3 Å². The number of hydrogen-bond donors (Lipinski definition) is 1. The van der Waals surface area contributed by atoms with Crippen LogP contribution < -0.4 is 14.2 Å². The SMILES string of the molecule is COc1cccc(COc2c(CO)cc(Cl)cc2OC)n1. The minimum absolute atomic E-state index is 0.197. The Hall–Kier alpha value is -1.98. The number of benzene rings is 1. The van der Waals surface area contributed by atoms with Gasteiger partial charge in [-0.1, -0.05) is 17.7 Å². The molecule has 6 heteroatoms. The molecular formula is C15H16ClNO4. The number of methoxy groups -OCH3 is 2. The number of pyridine rings is 1. The van der Waals surface area contributed by atoms with Crippen LogP contribution in [-0.2, 0) is 13.2 Å². The highest BCUT2D eigenvalue weighted by Crippen LogP contribution is 2.35. The van der Waals surface area contributed by atoms with Crippen LogP contribution in [0.4, 0.5) is 0 Å². The van der Waals surface area contributed by atoms with Gasteiger partial charge in [0.1, 0.15) is 6.61 Å². The Labute approximate surface area is 128 Å². The van der Waals surface area contributed by atoms with Crippen LogP contribution in [0.1, 0.15) is 11.3 Å². The molecule has 5 nitrogen and oxygen atoms in total. The Kier molecular flexibility index (Phi) is 5.25. The first kappa shape index (κ1) is 15.4. The summed E-state index contributed by atoms with van der Waals surface area (Å²) in [5.74, 6) is 1.44. The lowest BCUT2D eigenvalue weighted by Crippen LogP contribution is -2.03. The average Bonchev–Trinajstić information content (AvgIpc) is 2.52. The number of hydrogen-bond acceptors (Lipinski definition) is 5. The van der Waals surface area contributed by atoms with Crippen molar-refractivity contribution in [3.8, 4) is 17.4 Å². The molecule has 1 aromatic carbocycles. The van der Waals surface area contributed by atoms with Gasteiger partial charge in [-0.3, -0.25) is 0 Å². The molecule has 1 N–H and O–H groups in total. The van der Waals surface area contributed by atoms with Gasteiger partial charge in [0.2, 0.25) is 5.88 Å². The molecule has 0 aliphatic carbocycles. The van der Waals surface area contributed by atoms with Crippen molar-refractivity contribution in [1.29, 1.82) is 0 Å². The van der Waals surface area contributed by atoms with Crippen molar-refractivity contribution in [3.05, 3.63) is 46.6 Å². The molecule has 0 saturated carbocycles. The van der Waals surface area contributed by atoms with Gasteiger partial charge in [0.25, 0.3) is 0 Å². The highest BCUT2D eigenvalue weighted by molar-refractivity contribution is 6.30. The lowest BCUT2D eigenvalue weighted by atomic mass is 10.2. The summed E-state index contributed by atoms with van der Waals surface area (Å²) in [6.07, 6.45) is 0. The number of ether oxygens (including phenoxy) is 3. The average molecular weight is 310 g/mol. The van der Waals surface area contributed by atoms with Crippen molar-refractivity contribution >= 4 is 11.6 Å². The second kappa shape index (κ2) is 7.15. The van der Waals surface area contributed by atoms with Crippen molar-refractivity contribution in [2.45, 2.75) is 13.2 Å². The number of aromatic nitrogens is 1. The lowest BCUT2D eigenvalue weighted by Gasteiger charge is -2.14. The summed E-state index contributed by atoms with van der Waals surface area (Å²) in [6, 6.07) is 8.68. The van der Waals surface area contributed by atoms with Crippen molar-refractivity contribution < 1.29 is 19.3 Å². The molecule has 0 aliphatic rings. The first-order valence-electron chi connectivity index (χ1n) is 6.28. The van der Waals surface area contributed by atoms with Crippen LogP contribution in [0.15, 0.2) is 30.3 Å². The molecule has 0 saturated heterocycles. The van der Waals surface area contributed by atoms with E-state index in [9.17, 15) is 5.11 Å². The minimum atomic E-state index is -0.197. The maximum atomic E-state index is 9.41. The molecule has 0 bridgehead atoms. The zero-order chi connectivity index (χ0) is 15.2. The van der Waals surface area contributed by atoms with Gasteiger partial charge in [-0.15, -0.1) is 0 Å². The third-order valence-electron chi connectivity index (χ3n) is 2.84. The Morgan fingerprint density at radius 1 is 1.19 bits per heavy atom. The van der Waals surface area contributed by atoms with Gasteiger partial charge < -0.3 is 19.3 Å². The summed E-state index contributed by atoms with van der Waals surface area (Å²) >= 11 is 5.96. The van der Waals surface area contributed by atoms with E-state index in [1.165, 1.54) is 7.11 Å². The van der Waals surface area contributed by atoms with Crippen molar-refractivity contribution in [2.24, 2.45) is 0 Å². The van der Waals surface area contributed by atoms with E-state index < -0.39 is 0 Å². The predicted molar refractivity (Wildman–Crippen MR) is 79.0 cm³/mol. The molecule has 0 fully saturated rings.